The van der Waals surface area contributed by atoms with Gasteiger partial charge in [0, 0.05) is 0 Å². The van der Waals surface area contributed by atoms with Crippen LogP contribution >= 0.6 is 0 Å². The van der Waals surface area contributed by atoms with Gasteiger partial charge in [-0.3, -0.25) is 0 Å². The average molecular weight is 242 g/mol. The van der Waals surface area contributed by atoms with Gasteiger partial charge in [-0.15, -0.1) is 0 Å². The second-order valence-corrected chi connectivity index (χ2v) is 5.27. The lowest BCUT2D eigenvalue weighted by atomic mass is 9.80. The van der Waals surface area contributed by atoms with Crippen molar-refractivity contribution in [3.8, 4) is 0 Å². The van der Waals surface area contributed by atoms with Gasteiger partial charge in [-0.2, -0.15) is 0 Å². The third-order valence-electron chi connectivity index (χ3n) is 3.51. The minimum atomic E-state index is -1.11. The van der Waals surface area contributed by atoms with Gasteiger partial charge in [-0.25, -0.2) is 0 Å². The molecule has 0 aliphatic heterocycles. The van der Waals surface area contributed by atoms with E-state index in [0.29, 0.717) is 6.32 Å². The molecule has 0 unspecified atom stereocenters. The molecule has 0 aliphatic rings. The van der Waals surface area contributed by atoms with Crippen molar-refractivity contribution in [3.63, 3.8) is 0 Å². The standard InChI is InChI=1S/C14H31BO2/c1-3-5-7-10-14(11-8-6-4-2)12-9-13-15(16)17/h14,16-17H,3-13H2,1-2H3. The SMILES string of the molecule is CCCCCC(CCCCC)CCCB(O)O. The summed E-state index contributed by atoms with van der Waals surface area (Å²) >= 11 is 0. The number of unbranched alkanes of at least 4 members (excludes halogenated alkanes) is 4. The molecule has 0 bridgehead atoms. The molecule has 0 saturated heterocycles. The first-order valence-electron chi connectivity index (χ1n) is 7.56. The Balaban J connectivity index is 3.67. The summed E-state index contributed by atoms with van der Waals surface area (Å²) < 4.78 is 0. The first kappa shape index (κ1) is 17.0. The smallest absolute Gasteiger partial charge is 0.427 e. The van der Waals surface area contributed by atoms with Crippen LogP contribution in [0.15, 0.2) is 0 Å². The summed E-state index contributed by atoms with van der Waals surface area (Å²) in [5.41, 5.74) is 0. The highest BCUT2D eigenvalue weighted by molar-refractivity contribution is 6.40. The molecule has 0 aliphatic carbocycles. The van der Waals surface area contributed by atoms with Gasteiger partial charge >= 0.3 is 7.12 Å². The summed E-state index contributed by atoms with van der Waals surface area (Å²) in [6, 6.07) is 0. The van der Waals surface area contributed by atoms with Crippen molar-refractivity contribution in [3.05, 3.63) is 0 Å². The molecule has 3 heteroatoms. The fourth-order valence-corrected chi connectivity index (χ4v) is 2.39. The highest BCUT2D eigenvalue weighted by Gasteiger charge is 2.11. The normalized spacial score (nSPS) is 11.1. The molecule has 0 aromatic heterocycles. The highest BCUT2D eigenvalue weighted by Crippen LogP contribution is 2.23. The van der Waals surface area contributed by atoms with Gasteiger partial charge in [-0.1, -0.05) is 78.1 Å². The van der Waals surface area contributed by atoms with E-state index in [1.165, 1.54) is 57.8 Å². The van der Waals surface area contributed by atoms with Gasteiger partial charge in [0.15, 0.2) is 0 Å². The van der Waals surface area contributed by atoms with Crippen molar-refractivity contribution >= 4 is 7.12 Å². The molecule has 0 rings (SSSR count). The maximum absolute atomic E-state index is 8.85. The van der Waals surface area contributed by atoms with Crippen LogP contribution in [0.5, 0.6) is 0 Å². The minimum Gasteiger partial charge on any atom is -0.427 e. The van der Waals surface area contributed by atoms with E-state index in [1.807, 2.05) is 0 Å². The van der Waals surface area contributed by atoms with E-state index in [0.717, 1.165) is 12.3 Å². The molecular weight excluding hydrogens is 211 g/mol. The fourth-order valence-electron chi connectivity index (χ4n) is 2.39. The third kappa shape index (κ3) is 12.2. The van der Waals surface area contributed by atoms with Crippen LogP contribution in [0.4, 0.5) is 0 Å². The largest absolute Gasteiger partial charge is 0.451 e. The van der Waals surface area contributed by atoms with Crippen molar-refractivity contribution in [1.29, 1.82) is 0 Å². The van der Waals surface area contributed by atoms with Crippen LogP contribution in [0.2, 0.25) is 6.32 Å². The summed E-state index contributed by atoms with van der Waals surface area (Å²) in [7, 11) is -1.11. The minimum absolute atomic E-state index is 0.540. The second-order valence-electron chi connectivity index (χ2n) is 5.27. The van der Waals surface area contributed by atoms with Gasteiger partial charge in [0.25, 0.3) is 0 Å². The monoisotopic (exact) mass is 242 g/mol. The molecule has 0 amide bonds. The summed E-state index contributed by atoms with van der Waals surface area (Å²) in [5, 5.41) is 17.7. The van der Waals surface area contributed by atoms with Gasteiger partial charge in [-0.05, 0) is 12.2 Å². The van der Waals surface area contributed by atoms with Crippen LogP contribution in [-0.4, -0.2) is 17.2 Å². The van der Waals surface area contributed by atoms with E-state index in [9.17, 15) is 0 Å². The van der Waals surface area contributed by atoms with E-state index >= 15 is 0 Å². The van der Waals surface area contributed by atoms with E-state index in [-0.39, 0.29) is 0 Å². The van der Waals surface area contributed by atoms with Crippen molar-refractivity contribution in [2.24, 2.45) is 5.92 Å². The van der Waals surface area contributed by atoms with Gasteiger partial charge in [0.05, 0.1) is 0 Å². The predicted octanol–water partition coefficient (Wildman–Crippen LogP) is 4.02. The van der Waals surface area contributed by atoms with Gasteiger partial charge in [0.2, 0.25) is 0 Å². The fraction of sp³-hybridized carbons (Fsp3) is 1.00. The molecular formula is C14H31BO2. The van der Waals surface area contributed by atoms with Crippen molar-refractivity contribution in [2.45, 2.75) is 84.4 Å². The van der Waals surface area contributed by atoms with Crippen LogP contribution < -0.4 is 0 Å². The Kier molecular flexibility index (Phi) is 12.4. The number of hydrogen-bond acceptors (Lipinski definition) is 2. The Labute approximate surface area is 108 Å². The van der Waals surface area contributed by atoms with Crippen LogP contribution in [-0.2, 0) is 0 Å². The quantitative estimate of drug-likeness (QED) is 0.401. The zero-order chi connectivity index (χ0) is 12.9. The Morgan fingerprint density at radius 2 is 1.24 bits per heavy atom. The summed E-state index contributed by atoms with van der Waals surface area (Å²) in [6.07, 6.45) is 13.3. The lowest BCUT2D eigenvalue weighted by Gasteiger charge is -2.16. The zero-order valence-electron chi connectivity index (χ0n) is 11.8. The van der Waals surface area contributed by atoms with Crippen LogP contribution in [0.3, 0.4) is 0 Å². The third-order valence-corrected chi connectivity index (χ3v) is 3.51. The van der Waals surface area contributed by atoms with Gasteiger partial charge in [0.1, 0.15) is 0 Å². The van der Waals surface area contributed by atoms with Crippen molar-refractivity contribution in [2.75, 3.05) is 0 Å². The predicted molar refractivity (Wildman–Crippen MR) is 76.0 cm³/mol. The molecule has 0 spiro atoms. The zero-order valence-corrected chi connectivity index (χ0v) is 11.8. The van der Waals surface area contributed by atoms with Crippen LogP contribution in [0.1, 0.15) is 78.1 Å². The maximum Gasteiger partial charge on any atom is 0.451 e. The molecule has 102 valence electrons. The Morgan fingerprint density at radius 1 is 0.765 bits per heavy atom. The summed E-state index contributed by atoms with van der Waals surface area (Å²) in [4.78, 5) is 0. The number of hydrogen-bond donors (Lipinski definition) is 2. The Morgan fingerprint density at radius 3 is 1.65 bits per heavy atom. The Hall–Kier alpha value is -0.0151. The van der Waals surface area contributed by atoms with Crippen LogP contribution in [0, 0.1) is 5.92 Å². The topological polar surface area (TPSA) is 40.5 Å². The van der Waals surface area contributed by atoms with E-state index in [2.05, 4.69) is 13.8 Å². The van der Waals surface area contributed by atoms with E-state index in [4.69, 9.17) is 10.0 Å². The number of rotatable bonds is 12. The molecule has 0 heterocycles. The molecule has 0 radical (unpaired) electrons. The van der Waals surface area contributed by atoms with E-state index in [1.54, 1.807) is 0 Å². The molecule has 0 atom stereocenters. The molecule has 2 N–H and O–H groups in total. The average Bonchev–Trinajstić information content (AvgIpc) is 2.28. The molecule has 0 fully saturated rings. The molecule has 17 heavy (non-hydrogen) atoms. The Bertz CT molecular complexity index is 141. The van der Waals surface area contributed by atoms with Gasteiger partial charge < -0.3 is 10.0 Å². The molecule has 0 aromatic rings. The maximum atomic E-state index is 8.85. The molecule has 0 saturated carbocycles. The molecule has 0 aromatic carbocycles. The first-order chi connectivity index (χ1) is 8.20. The second kappa shape index (κ2) is 12.4. The summed E-state index contributed by atoms with van der Waals surface area (Å²) in [5.74, 6) is 0.812. The lowest BCUT2D eigenvalue weighted by Crippen LogP contribution is -2.11. The first-order valence-corrected chi connectivity index (χ1v) is 7.56. The molecule has 2 nitrogen and oxygen atoms in total. The summed E-state index contributed by atoms with van der Waals surface area (Å²) in [6.45, 7) is 4.49. The van der Waals surface area contributed by atoms with E-state index < -0.39 is 7.12 Å². The van der Waals surface area contributed by atoms with Crippen molar-refractivity contribution in [1.82, 2.24) is 0 Å². The highest BCUT2D eigenvalue weighted by atomic mass is 16.4. The van der Waals surface area contributed by atoms with Crippen LogP contribution in [0.25, 0.3) is 0 Å². The van der Waals surface area contributed by atoms with Crippen molar-refractivity contribution < 1.29 is 10.0 Å². The lowest BCUT2D eigenvalue weighted by molar-refractivity contribution is 0.367.